The maximum Gasteiger partial charge on any atom is 0.333 e. The molecule has 0 aliphatic heterocycles. The Morgan fingerprint density at radius 3 is 1.90 bits per heavy atom. The number of hydrogen-bond donors (Lipinski definition) is 0. The summed E-state index contributed by atoms with van der Waals surface area (Å²) >= 11 is 29.8. The predicted octanol–water partition coefficient (Wildman–Crippen LogP) is 5.84. The van der Waals surface area contributed by atoms with Gasteiger partial charge < -0.3 is 9.47 Å². The molecule has 0 saturated heterocycles. The third-order valence-corrected chi connectivity index (χ3v) is 4.80. The van der Waals surface area contributed by atoms with E-state index in [4.69, 9.17) is 62.7 Å². The fourth-order valence-electron chi connectivity index (χ4n) is 1.44. The molecule has 21 heavy (non-hydrogen) atoms. The second-order valence-electron chi connectivity index (χ2n) is 3.78. The molecule has 0 aliphatic rings. The molecule has 0 aromatic heterocycles. The summed E-state index contributed by atoms with van der Waals surface area (Å²) in [5, 5.41) is 0.270. The number of benzene rings is 1. The molecule has 0 saturated carbocycles. The van der Waals surface area contributed by atoms with Gasteiger partial charge in [0.15, 0.2) is 5.75 Å². The van der Waals surface area contributed by atoms with Crippen LogP contribution in [0.1, 0.15) is 13.3 Å². The lowest BCUT2D eigenvalue weighted by Gasteiger charge is -2.13. The van der Waals surface area contributed by atoms with Gasteiger partial charge >= 0.3 is 5.97 Å². The Kier molecular flexibility index (Phi) is 7.45. The van der Waals surface area contributed by atoms with Crippen molar-refractivity contribution in [3.63, 3.8) is 0 Å². The molecule has 0 N–H and O–H groups in total. The van der Waals surface area contributed by atoms with Crippen molar-refractivity contribution >= 4 is 64.0 Å². The van der Waals surface area contributed by atoms with Crippen LogP contribution in [0, 0.1) is 0 Å². The molecule has 0 bridgehead atoms. The molecule has 0 unspecified atom stereocenters. The number of ether oxygens (including phenoxy) is 2. The molecular weight excluding hydrogens is 381 g/mol. The van der Waals surface area contributed by atoms with E-state index >= 15 is 0 Å². The average molecular weight is 392 g/mol. The van der Waals surface area contributed by atoms with Crippen LogP contribution in [0.3, 0.4) is 0 Å². The van der Waals surface area contributed by atoms with Crippen LogP contribution in [0.5, 0.6) is 5.75 Å². The smallest absolute Gasteiger partial charge is 0.333 e. The van der Waals surface area contributed by atoms with E-state index in [1.54, 1.807) is 6.08 Å². The highest BCUT2D eigenvalue weighted by Crippen LogP contribution is 2.48. The Morgan fingerprint density at radius 1 is 1.00 bits per heavy atom. The van der Waals surface area contributed by atoms with Gasteiger partial charge in [0, 0.05) is 5.57 Å². The first kappa shape index (κ1) is 18.7. The molecule has 3 nitrogen and oxygen atoms in total. The van der Waals surface area contributed by atoms with Crippen molar-refractivity contribution in [2.45, 2.75) is 13.3 Å². The van der Waals surface area contributed by atoms with Gasteiger partial charge in [0.2, 0.25) is 0 Å². The molecule has 1 aromatic carbocycles. The average Bonchev–Trinajstić information content (AvgIpc) is 2.49. The first-order valence-electron chi connectivity index (χ1n) is 5.76. The maximum absolute atomic E-state index is 11.4. The van der Waals surface area contributed by atoms with Crippen LogP contribution in [0.4, 0.5) is 0 Å². The Balaban J connectivity index is 3.00. The largest absolute Gasteiger partial charge is 0.486 e. The van der Waals surface area contributed by atoms with Crippen LogP contribution < -0.4 is 4.74 Å². The predicted molar refractivity (Wildman–Crippen MR) is 87.4 cm³/mol. The zero-order valence-electron chi connectivity index (χ0n) is 11.1. The molecule has 1 aromatic rings. The van der Waals surface area contributed by atoms with E-state index in [0.717, 1.165) is 0 Å². The quantitative estimate of drug-likeness (QED) is 0.273. The van der Waals surface area contributed by atoms with Gasteiger partial charge in [0.1, 0.15) is 16.7 Å². The summed E-state index contributed by atoms with van der Waals surface area (Å²) in [5.74, 6) is -0.320. The van der Waals surface area contributed by atoms with Crippen molar-refractivity contribution in [1.82, 2.24) is 0 Å². The van der Waals surface area contributed by atoms with Crippen LogP contribution in [0.25, 0.3) is 0 Å². The molecule has 116 valence electrons. The van der Waals surface area contributed by atoms with E-state index in [-0.39, 0.29) is 37.5 Å². The normalized spacial score (nSPS) is 11.5. The van der Waals surface area contributed by atoms with Crippen molar-refractivity contribution in [3.8, 4) is 5.75 Å². The standard InChI is InChI=1S/C13H11Cl5O3/c1-3-6(13(19)20-2)4-5-21-12-10(17)8(15)7(14)9(16)11(12)18/h4H,3,5H2,1-2H3. The topological polar surface area (TPSA) is 35.5 Å². The third kappa shape index (κ3) is 4.33. The Hall–Kier alpha value is -0.320. The lowest BCUT2D eigenvalue weighted by molar-refractivity contribution is -0.136. The number of carbonyl (C=O) groups is 1. The maximum atomic E-state index is 11.4. The molecule has 0 spiro atoms. The number of esters is 1. The van der Waals surface area contributed by atoms with Crippen molar-refractivity contribution < 1.29 is 14.3 Å². The number of rotatable bonds is 5. The summed E-state index contributed by atoms with van der Waals surface area (Å²) in [7, 11) is 1.30. The summed E-state index contributed by atoms with van der Waals surface area (Å²) in [4.78, 5) is 11.4. The van der Waals surface area contributed by atoms with Gasteiger partial charge in [-0.05, 0) is 12.5 Å². The van der Waals surface area contributed by atoms with Gasteiger partial charge in [0.05, 0.1) is 22.2 Å². The Labute approximate surface area is 147 Å². The number of methoxy groups -OCH3 is 1. The fourth-order valence-corrected chi connectivity index (χ4v) is 2.67. The van der Waals surface area contributed by atoms with E-state index in [9.17, 15) is 4.79 Å². The van der Waals surface area contributed by atoms with Gasteiger partial charge in [-0.3, -0.25) is 0 Å². The van der Waals surface area contributed by atoms with Crippen LogP contribution >= 0.6 is 58.0 Å². The number of halogens is 5. The fraction of sp³-hybridized carbons (Fsp3) is 0.308. The molecule has 0 atom stereocenters. The molecule has 1 rings (SSSR count). The molecule has 0 heterocycles. The summed E-state index contributed by atoms with van der Waals surface area (Å²) in [6.45, 7) is 1.87. The second kappa shape index (κ2) is 8.35. The van der Waals surface area contributed by atoms with E-state index in [0.29, 0.717) is 12.0 Å². The summed E-state index contributed by atoms with van der Waals surface area (Å²) in [5.41, 5.74) is 0.468. The highest BCUT2D eigenvalue weighted by Gasteiger charge is 2.20. The summed E-state index contributed by atoms with van der Waals surface area (Å²) < 4.78 is 10.1. The van der Waals surface area contributed by atoms with Crippen molar-refractivity contribution in [2.24, 2.45) is 0 Å². The Morgan fingerprint density at radius 2 is 1.48 bits per heavy atom. The monoisotopic (exact) mass is 390 g/mol. The summed E-state index contributed by atoms with van der Waals surface area (Å²) in [6, 6.07) is 0. The highest BCUT2D eigenvalue weighted by atomic mass is 35.5. The minimum absolute atomic E-state index is 0.0476. The van der Waals surface area contributed by atoms with Crippen LogP contribution in [-0.2, 0) is 9.53 Å². The van der Waals surface area contributed by atoms with E-state index < -0.39 is 5.97 Å². The van der Waals surface area contributed by atoms with Gasteiger partial charge in [-0.2, -0.15) is 0 Å². The van der Waals surface area contributed by atoms with Crippen LogP contribution in [-0.4, -0.2) is 19.7 Å². The number of carbonyl (C=O) groups excluding carboxylic acids is 1. The molecule has 0 aliphatic carbocycles. The molecular formula is C13H11Cl5O3. The summed E-state index contributed by atoms with van der Waals surface area (Å²) in [6.07, 6.45) is 2.06. The molecule has 0 fully saturated rings. The van der Waals surface area contributed by atoms with E-state index in [1.807, 2.05) is 6.92 Å². The first-order chi connectivity index (χ1) is 9.84. The van der Waals surface area contributed by atoms with Gasteiger partial charge in [-0.15, -0.1) is 0 Å². The molecule has 0 radical (unpaired) electrons. The lowest BCUT2D eigenvalue weighted by Crippen LogP contribution is -2.06. The van der Waals surface area contributed by atoms with Gasteiger partial charge in [-0.25, -0.2) is 4.79 Å². The minimum Gasteiger partial charge on any atom is -0.486 e. The zero-order chi connectivity index (χ0) is 16.2. The highest BCUT2D eigenvalue weighted by molar-refractivity contribution is 6.55. The Bertz CT molecular complexity index is 555. The lowest BCUT2D eigenvalue weighted by atomic mass is 10.2. The zero-order valence-corrected chi connectivity index (χ0v) is 14.9. The number of hydrogen-bond acceptors (Lipinski definition) is 3. The van der Waals surface area contributed by atoms with Crippen molar-refractivity contribution in [3.05, 3.63) is 36.8 Å². The first-order valence-corrected chi connectivity index (χ1v) is 7.65. The van der Waals surface area contributed by atoms with Crippen molar-refractivity contribution in [2.75, 3.05) is 13.7 Å². The van der Waals surface area contributed by atoms with Gasteiger partial charge in [0.25, 0.3) is 0 Å². The van der Waals surface area contributed by atoms with Crippen LogP contribution in [0.15, 0.2) is 11.6 Å². The third-order valence-electron chi connectivity index (χ3n) is 2.56. The molecule has 0 amide bonds. The minimum atomic E-state index is -0.425. The van der Waals surface area contributed by atoms with E-state index in [2.05, 4.69) is 4.74 Å². The van der Waals surface area contributed by atoms with Crippen LogP contribution in [0.2, 0.25) is 25.1 Å². The van der Waals surface area contributed by atoms with Crippen molar-refractivity contribution in [1.29, 1.82) is 0 Å². The second-order valence-corrected chi connectivity index (χ2v) is 5.67. The SMILES string of the molecule is CCC(=CCOc1c(Cl)c(Cl)c(Cl)c(Cl)c1Cl)C(=O)OC. The van der Waals surface area contributed by atoms with E-state index in [1.165, 1.54) is 7.11 Å². The van der Waals surface area contributed by atoms with Gasteiger partial charge in [-0.1, -0.05) is 64.9 Å². The molecule has 8 heteroatoms.